The van der Waals surface area contributed by atoms with E-state index in [1.54, 1.807) is 12.1 Å². The van der Waals surface area contributed by atoms with Crippen LogP contribution in [0.4, 0.5) is 19.7 Å². The van der Waals surface area contributed by atoms with Crippen LogP contribution in [0.5, 0.6) is 0 Å². The van der Waals surface area contributed by atoms with Crippen LogP contribution in [0.1, 0.15) is 98.5 Å². The lowest BCUT2D eigenvalue weighted by atomic mass is 10.0. The van der Waals surface area contributed by atoms with Crippen molar-refractivity contribution in [3.63, 3.8) is 0 Å². The van der Waals surface area contributed by atoms with Gasteiger partial charge in [-0.1, -0.05) is 37.8 Å². The van der Waals surface area contributed by atoms with E-state index in [0.29, 0.717) is 57.3 Å². The van der Waals surface area contributed by atoms with Crippen LogP contribution in [0, 0.1) is 11.7 Å². The van der Waals surface area contributed by atoms with E-state index in [0.717, 1.165) is 62.0 Å². The summed E-state index contributed by atoms with van der Waals surface area (Å²) in [5.74, 6) is -4.12. The lowest BCUT2D eigenvalue weighted by Crippen LogP contribution is -2.58. The first-order chi connectivity index (χ1) is 32.1. The standard InChI is InChI=1S/C47H61FN8O10S/c1-3-33-26-47(33)44(60)52-67(63,64)40-24-34(48)16-17-37(40)49-18-10-6-4-5-7-13-38(50-45(61)65-35-11-8-9-12-35)43(59)56-29-36(25-39(56)41(57)51-47)66-46(62)55-27-31-15-14-30(23-32(31)28-55)42(58)54-21-19-53(2)20-22-54/h3,14-17,23-24,33,35-36,38-39,49H,1,4-13,18-22,25-29H2,2H3,(H,50,61)(H,51,57)(H,52,60)/t33-,36-,38+,39+,47-/m1/s1. The van der Waals surface area contributed by atoms with Crippen LogP contribution in [0.25, 0.3) is 0 Å². The number of piperazine rings is 1. The Morgan fingerprint density at radius 1 is 0.866 bits per heavy atom. The van der Waals surface area contributed by atoms with E-state index in [9.17, 15) is 41.6 Å². The summed E-state index contributed by atoms with van der Waals surface area (Å²) < 4.78 is 55.9. The number of nitrogens with zero attached hydrogens (tertiary/aromatic N) is 4. The fourth-order valence-corrected chi connectivity index (χ4v) is 11.2. The number of alkyl carbamates (subject to hydrolysis) is 1. The Morgan fingerprint density at radius 3 is 2.33 bits per heavy atom. The lowest BCUT2D eigenvalue weighted by Gasteiger charge is -2.32. The number of halogens is 1. The molecule has 4 fully saturated rings. The van der Waals surface area contributed by atoms with Gasteiger partial charge in [-0.15, -0.1) is 6.58 Å². The van der Waals surface area contributed by atoms with E-state index in [4.69, 9.17) is 9.47 Å². The largest absolute Gasteiger partial charge is 0.446 e. The van der Waals surface area contributed by atoms with Crippen LogP contribution in [-0.4, -0.2) is 140 Å². The number of amides is 6. The normalized spacial score (nSPS) is 27.4. The van der Waals surface area contributed by atoms with Crippen molar-refractivity contribution in [2.75, 3.05) is 51.6 Å². The molecule has 0 unspecified atom stereocenters. The van der Waals surface area contributed by atoms with Gasteiger partial charge < -0.3 is 40.1 Å². The highest BCUT2D eigenvalue weighted by atomic mass is 32.2. The number of rotatable bonds is 5. The molecule has 5 atom stereocenters. The smallest absolute Gasteiger partial charge is 0.410 e. The molecule has 1 spiro atoms. The summed E-state index contributed by atoms with van der Waals surface area (Å²) in [5, 5.41) is 8.54. The maximum Gasteiger partial charge on any atom is 0.410 e. The molecule has 0 aromatic heterocycles. The summed E-state index contributed by atoms with van der Waals surface area (Å²) in [6.45, 7) is 7.07. The molecule has 8 rings (SSSR count). The number of hydrogen-bond acceptors (Lipinski definition) is 12. The second kappa shape index (κ2) is 20.2. The molecule has 0 bridgehead atoms. The van der Waals surface area contributed by atoms with E-state index in [-0.39, 0.29) is 56.6 Å². The first kappa shape index (κ1) is 47.7. The third kappa shape index (κ3) is 10.8. The number of fused-ring (bicyclic) bond motifs is 3. The Bertz CT molecular complexity index is 2370. The number of ether oxygens (including phenoxy) is 2. The van der Waals surface area contributed by atoms with Gasteiger partial charge in [0.05, 0.1) is 12.2 Å². The predicted molar refractivity (Wildman–Crippen MR) is 242 cm³/mol. The fraction of sp³-hybridized carbons (Fsp3) is 0.574. The van der Waals surface area contributed by atoms with Gasteiger partial charge in [0.15, 0.2) is 0 Å². The highest BCUT2D eigenvalue weighted by molar-refractivity contribution is 7.90. The van der Waals surface area contributed by atoms with Gasteiger partial charge in [0.1, 0.15) is 40.5 Å². The summed E-state index contributed by atoms with van der Waals surface area (Å²) in [6, 6.07) is 6.19. The highest BCUT2D eigenvalue weighted by Crippen LogP contribution is 2.45. The third-order valence-corrected chi connectivity index (χ3v) is 15.4. The van der Waals surface area contributed by atoms with E-state index < -0.39 is 80.3 Å². The molecule has 0 radical (unpaired) electrons. The maximum absolute atomic E-state index is 14.7. The Kier molecular flexibility index (Phi) is 14.4. The average molecular weight is 949 g/mol. The van der Waals surface area contributed by atoms with Crippen LogP contribution in [0.3, 0.4) is 0 Å². The van der Waals surface area contributed by atoms with Gasteiger partial charge in [-0.25, -0.2) is 27.1 Å². The molecule has 2 aromatic rings. The van der Waals surface area contributed by atoms with Gasteiger partial charge in [0, 0.05) is 63.7 Å². The molecule has 2 aliphatic carbocycles. The molecule has 67 heavy (non-hydrogen) atoms. The quantitative estimate of drug-likeness (QED) is 0.313. The number of carbonyl (C=O) groups excluding carboxylic acids is 6. The molecular weight excluding hydrogens is 888 g/mol. The molecule has 4 heterocycles. The van der Waals surface area contributed by atoms with Crippen molar-refractivity contribution in [1.29, 1.82) is 0 Å². The molecule has 4 N–H and O–H groups in total. The third-order valence-electron chi connectivity index (χ3n) is 14.0. The lowest BCUT2D eigenvalue weighted by molar-refractivity contribution is -0.141. The fourth-order valence-electron chi connectivity index (χ4n) is 9.93. The van der Waals surface area contributed by atoms with Gasteiger partial charge in [-0.3, -0.25) is 24.1 Å². The second-order valence-electron chi connectivity index (χ2n) is 18.8. The van der Waals surface area contributed by atoms with Crippen LogP contribution >= 0.6 is 0 Å². The Labute approximate surface area is 390 Å². The monoisotopic (exact) mass is 948 g/mol. The molecule has 362 valence electrons. The molecule has 2 saturated carbocycles. The molecule has 18 nitrogen and oxygen atoms in total. The highest BCUT2D eigenvalue weighted by Gasteiger charge is 2.61. The first-order valence-electron chi connectivity index (χ1n) is 23.5. The summed E-state index contributed by atoms with van der Waals surface area (Å²) in [5.41, 5.74) is 0.480. The number of anilines is 1. The van der Waals surface area contributed by atoms with Crippen LogP contribution < -0.4 is 20.7 Å². The van der Waals surface area contributed by atoms with E-state index in [2.05, 4.69) is 32.2 Å². The molecule has 4 aliphatic heterocycles. The van der Waals surface area contributed by atoms with Crippen molar-refractivity contribution in [2.24, 2.45) is 5.92 Å². The van der Waals surface area contributed by atoms with Crippen molar-refractivity contribution in [2.45, 2.75) is 125 Å². The number of sulfonamides is 1. The summed E-state index contributed by atoms with van der Waals surface area (Å²) in [6.07, 6.45) is 5.29. The average Bonchev–Trinajstić information content (AvgIpc) is 3.68. The van der Waals surface area contributed by atoms with Crippen LogP contribution in [-0.2, 0) is 47.0 Å². The van der Waals surface area contributed by atoms with Crippen LogP contribution in [0.2, 0.25) is 0 Å². The molecule has 6 aliphatic rings. The Morgan fingerprint density at radius 2 is 1.58 bits per heavy atom. The van der Waals surface area contributed by atoms with Gasteiger partial charge in [0.2, 0.25) is 11.8 Å². The maximum atomic E-state index is 14.7. The van der Waals surface area contributed by atoms with Crippen molar-refractivity contribution in [3.05, 3.63) is 71.6 Å². The van der Waals surface area contributed by atoms with Gasteiger partial charge in [-0.05, 0) is 93.5 Å². The minimum Gasteiger partial charge on any atom is -0.446 e. The predicted octanol–water partition coefficient (Wildman–Crippen LogP) is 4.00. The SMILES string of the molecule is C=C[C@@H]1C[C@@]12NC(=O)[C@@H]1C[C@@H](OC(=O)N3Cc4ccc(C(=O)N5CCN(C)CC5)cc4C3)CN1C(=O)[C@@H](NC(=O)OC1CCCC1)CCCCCCCNc1ccc(F)cc1S(=O)(=O)NC2=O. The molecule has 6 amide bonds. The number of benzene rings is 2. The number of hydrogen-bond donors (Lipinski definition) is 4. The Balaban J connectivity index is 1.03. The zero-order valence-electron chi connectivity index (χ0n) is 37.9. The minimum atomic E-state index is -4.69. The summed E-state index contributed by atoms with van der Waals surface area (Å²) >= 11 is 0. The first-order valence-corrected chi connectivity index (χ1v) is 25.0. The van der Waals surface area contributed by atoms with Crippen molar-refractivity contribution in [3.8, 4) is 0 Å². The second-order valence-corrected chi connectivity index (χ2v) is 20.4. The van der Waals surface area contributed by atoms with Crippen molar-refractivity contribution >= 4 is 51.5 Å². The van der Waals surface area contributed by atoms with Gasteiger partial charge in [0.25, 0.3) is 21.8 Å². The molecule has 20 heteroatoms. The Hall–Kier alpha value is -5.76. The van der Waals surface area contributed by atoms with Crippen molar-refractivity contribution in [1.82, 2.24) is 35.0 Å². The number of nitrogens with one attached hydrogen (secondary N) is 4. The summed E-state index contributed by atoms with van der Waals surface area (Å²) in [4.78, 5) is 90.2. The topological polar surface area (TPSA) is 216 Å². The molecule has 2 saturated heterocycles. The molecular formula is C47H61FN8O10S. The zero-order valence-corrected chi connectivity index (χ0v) is 38.8. The van der Waals surface area contributed by atoms with E-state index in [1.807, 2.05) is 18.0 Å². The zero-order chi connectivity index (χ0) is 47.5. The number of carbonyl (C=O) groups is 6. The summed E-state index contributed by atoms with van der Waals surface area (Å²) in [7, 11) is -2.67. The minimum absolute atomic E-state index is 0.0215. The molecule has 2 aromatic carbocycles. The van der Waals surface area contributed by atoms with E-state index in [1.165, 1.54) is 21.9 Å². The van der Waals surface area contributed by atoms with Gasteiger partial charge in [-0.2, -0.15) is 0 Å². The van der Waals surface area contributed by atoms with Crippen LogP contribution in [0.15, 0.2) is 53.9 Å². The number of likely N-dealkylation sites (N-methyl/N-ethyl adjacent to an activating group) is 1. The van der Waals surface area contributed by atoms with Gasteiger partial charge >= 0.3 is 12.2 Å². The van der Waals surface area contributed by atoms with Crippen molar-refractivity contribution < 1.29 is 51.0 Å². The van der Waals surface area contributed by atoms with E-state index >= 15 is 0 Å².